The van der Waals surface area contributed by atoms with Crippen LogP contribution in [0.4, 0.5) is 10.1 Å². The lowest BCUT2D eigenvalue weighted by Gasteiger charge is -2.22. The van der Waals surface area contributed by atoms with Crippen molar-refractivity contribution in [2.75, 3.05) is 5.32 Å². The van der Waals surface area contributed by atoms with Gasteiger partial charge in [0.15, 0.2) is 11.5 Å². The Balaban J connectivity index is 1.32. The van der Waals surface area contributed by atoms with Crippen molar-refractivity contribution in [3.05, 3.63) is 105 Å². The first-order valence-corrected chi connectivity index (χ1v) is 15.5. The van der Waals surface area contributed by atoms with E-state index in [4.69, 9.17) is 11.6 Å². The number of halogens is 2. The molecular weight excluding hydrogens is 601 g/mol. The second-order valence-electron chi connectivity index (χ2n) is 10.8. The fourth-order valence-corrected chi connectivity index (χ4v) is 6.16. The fraction of sp³-hybridized carbons (Fsp3) is 0.250. The van der Waals surface area contributed by atoms with Gasteiger partial charge in [0.05, 0.1) is 27.5 Å². The second-order valence-corrected chi connectivity index (χ2v) is 12.2. The van der Waals surface area contributed by atoms with E-state index in [9.17, 15) is 14.0 Å². The Bertz CT molecular complexity index is 1840. The molecule has 0 radical (unpaired) electrons. The predicted octanol–water partition coefficient (Wildman–Crippen LogP) is 6.71. The third kappa shape index (κ3) is 6.11. The quantitative estimate of drug-likeness (QED) is 0.223. The van der Waals surface area contributed by atoms with Crippen LogP contribution in [0.5, 0.6) is 0 Å². The lowest BCUT2D eigenvalue weighted by Crippen LogP contribution is -2.30. The molecular formula is C32H29ClFN7O2S. The summed E-state index contributed by atoms with van der Waals surface area (Å²) in [7, 11) is 0. The molecule has 0 saturated carbocycles. The van der Waals surface area contributed by atoms with Gasteiger partial charge in [-0.3, -0.25) is 14.6 Å². The van der Waals surface area contributed by atoms with Crippen molar-refractivity contribution in [3.8, 4) is 16.8 Å². The molecule has 12 heteroatoms. The van der Waals surface area contributed by atoms with Gasteiger partial charge >= 0.3 is 0 Å². The van der Waals surface area contributed by atoms with Crippen LogP contribution >= 0.6 is 22.9 Å². The molecule has 5 aromatic rings. The van der Waals surface area contributed by atoms with E-state index in [1.54, 1.807) is 36.7 Å². The average molecular weight is 630 g/mol. The largest absolute Gasteiger partial charge is 0.342 e. The van der Waals surface area contributed by atoms with Crippen LogP contribution in [0.15, 0.2) is 66.3 Å². The first kappa shape index (κ1) is 29.6. The number of thiazole rings is 1. The highest BCUT2D eigenvalue weighted by Crippen LogP contribution is 2.33. The first-order valence-electron chi connectivity index (χ1n) is 14.2. The van der Waals surface area contributed by atoms with Gasteiger partial charge in [-0.05, 0) is 61.2 Å². The van der Waals surface area contributed by atoms with Crippen LogP contribution in [0.2, 0.25) is 5.02 Å². The average Bonchev–Trinajstić information content (AvgIpc) is 3.67. The van der Waals surface area contributed by atoms with Crippen molar-refractivity contribution in [1.29, 1.82) is 0 Å². The fourth-order valence-electron chi connectivity index (χ4n) is 5.34. The van der Waals surface area contributed by atoms with Crippen molar-refractivity contribution in [1.82, 2.24) is 30.3 Å². The summed E-state index contributed by atoms with van der Waals surface area (Å²) in [5, 5.41) is 17.2. The Morgan fingerprint density at radius 3 is 2.84 bits per heavy atom. The summed E-state index contributed by atoms with van der Waals surface area (Å²) >= 11 is 7.55. The molecule has 0 aliphatic carbocycles. The van der Waals surface area contributed by atoms with E-state index in [1.165, 1.54) is 16.8 Å². The van der Waals surface area contributed by atoms with Crippen LogP contribution in [0.3, 0.4) is 0 Å². The molecule has 2 N–H and O–H groups in total. The topological polar surface area (TPSA) is 115 Å². The summed E-state index contributed by atoms with van der Waals surface area (Å²) in [5.74, 6) is -1.42. The molecule has 0 saturated heterocycles. The maximum Gasteiger partial charge on any atom is 0.274 e. The Hall–Kier alpha value is -4.48. The van der Waals surface area contributed by atoms with Crippen molar-refractivity contribution in [2.24, 2.45) is 5.92 Å². The molecule has 224 valence electrons. The normalized spacial score (nSPS) is 16.8. The molecule has 4 heterocycles. The highest BCUT2D eigenvalue weighted by atomic mass is 35.5. The number of amides is 2. The summed E-state index contributed by atoms with van der Waals surface area (Å²) in [4.78, 5) is 35.8. The molecule has 0 fully saturated rings. The Labute approximate surface area is 262 Å². The third-order valence-corrected chi connectivity index (χ3v) is 8.85. The van der Waals surface area contributed by atoms with Crippen LogP contribution in [0.25, 0.3) is 16.8 Å². The molecule has 6 rings (SSSR count). The van der Waals surface area contributed by atoms with Gasteiger partial charge in [-0.1, -0.05) is 48.4 Å². The third-order valence-electron chi connectivity index (χ3n) is 7.78. The molecule has 2 atom stereocenters. The number of benzene rings is 2. The van der Waals surface area contributed by atoms with Gasteiger partial charge in [0.1, 0.15) is 5.69 Å². The lowest BCUT2D eigenvalue weighted by molar-refractivity contribution is -0.119. The zero-order chi connectivity index (χ0) is 30.8. The number of carbonyl (C=O) groups is 2. The van der Waals surface area contributed by atoms with E-state index in [2.05, 4.69) is 30.9 Å². The van der Waals surface area contributed by atoms with Crippen molar-refractivity contribution >= 4 is 40.4 Å². The molecule has 2 aromatic carbocycles. The number of rotatable bonds is 5. The minimum absolute atomic E-state index is 0.0530. The number of carbonyl (C=O) groups excluding carboxylic acids is 2. The van der Waals surface area contributed by atoms with Crippen LogP contribution in [0.1, 0.15) is 64.7 Å². The minimum Gasteiger partial charge on any atom is -0.342 e. The Morgan fingerprint density at radius 1 is 1.16 bits per heavy atom. The molecule has 2 bridgehead atoms. The summed E-state index contributed by atoms with van der Waals surface area (Å²) in [6.07, 6.45) is 6.00. The van der Waals surface area contributed by atoms with E-state index < -0.39 is 17.8 Å². The monoisotopic (exact) mass is 629 g/mol. The van der Waals surface area contributed by atoms with Crippen LogP contribution in [-0.2, 0) is 11.2 Å². The van der Waals surface area contributed by atoms with Gasteiger partial charge in [0.2, 0.25) is 5.91 Å². The van der Waals surface area contributed by atoms with Gasteiger partial charge < -0.3 is 10.6 Å². The van der Waals surface area contributed by atoms with Crippen LogP contribution in [0, 0.1) is 18.7 Å². The highest BCUT2D eigenvalue weighted by molar-refractivity contribution is 7.09. The molecule has 1 aliphatic heterocycles. The van der Waals surface area contributed by atoms with E-state index in [0.717, 1.165) is 27.4 Å². The molecule has 1 aliphatic rings. The number of pyridine rings is 1. The zero-order valence-electron chi connectivity index (χ0n) is 24.1. The van der Waals surface area contributed by atoms with Gasteiger partial charge in [0.25, 0.3) is 5.91 Å². The highest BCUT2D eigenvalue weighted by Gasteiger charge is 2.25. The number of aromatic nitrogens is 5. The van der Waals surface area contributed by atoms with Crippen LogP contribution < -0.4 is 10.6 Å². The Morgan fingerprint density at radius 2 is 2.02 bits per heavy atom. The van der Waals surface area contributed by atoms with Gasteiger partial charge in [0, 0.05) is 41.4 Å². The molecule has 9 nitrogen and oxygen atoms in total. The molecule has 0 spiro atoms. The van der Waals surface area contributed by atoms with Crippen molar-refractivity contribution in [3.63, 3.8) is 0 Å². The minimum atomic E-state index is -0.650. The summed E-state index contributed by atoms with van der Waals surface area (Å²) in [6, 6.07) is 14.0. The van der Waals surface area contributed by atoms with E-state index in [1.807, 2.05) is 42.6 Å². The summed E-state index contributed by atoms with van der Waals surface area (Å²) in [6.45, 7) is 3.55. The number of hydrogen-bond donors (Lipinski definition) is 2. The number of nitrogens with zero attached hydrogens (tertiary/aromatic N) is 5. The summed E-state index contributed by atoms with van der Waals surface area (Å²) in [5.41, 5.74) is 4.68. The predicted molar refractivity (Wildman–Crippen MR) is 168 cm³/mol. The van der Waals surface area contributed by atoms with Gasteiger partial charge in [-0.25, -0.2) is 14.1 Å². The van der Waals surface area contributed by atoms with E-state index >= 15 is 0 Å². The Kier molecular flexibility index (Phi) is 8.49. The van der Waals surface area contributed by atoms with Gasteiger partial charge in [-0.2, -0.15) is 0 Å². The maximum atomic E-state index is 14.7. The van der Waals surface area contributed by atoms with E-state index in [-0.39, 0.29) is 28.2 Å². The maximum absolute atomic E-state index is 14.7. The van der Waals surface area contributed by atoms with Crippen LogP contribution in [-0.4, -0.2) is 36.8 Å². The standard InChI is InChI=1S/C32H29ClFN7O2S/c1-18-5-3-7-24(37-32(43)30-19(2)41(40-39-30)27-8-4-6-23(33)29(27)34)26-17-21(11-12-35-26)22-10-9-20(15-25(22)38-31(18)42)16-28-36-13-14-44-28/h4,6,8-15,17-18,24H,3,5,7,16H2,1-2H3,(H,37,43)(H,38,42)/t18-,24+/m1/s1. The SMILES string of the molecule is Cc1c(C(=O)N[C@H]2CCC[C@@H](C)C(=O)Nc3cc(Cc4nccs4)ccc3-c3ccnc2c3)nnn1-c1cccc(Cl)c1F. The van der Waals surface area contributed by atoms with Crippen molar-refractivity contribution < 1.29 is 14.0 Å². The number of hydrogen-bond acceptors (Lipinski definition) is 7. The summed E-state index contributed by atoms with van der Waals surface area (Å²) < 4.78 is 16.0. The molecule has 2 amide bonds. The number of fused-ring (bicyclic) bond motifs is 4. The number of nitrogens with one attached hydrogen (secondary N) is 2. The molecule has 44 heavy (non-hydrogen) atoms. The first-order chi connectivity index (χ1) is 21.3. The van der Waals surface area contributed by atoms with E-state index in [0.29, 0.717) is 37.1 Å². The number of anilines is 1. The van der Waals surface area contributed by atoms with Crippen molar-refractivity contribution in [2.45, 2.75) is 45.6 Å². The molecule has 0 unspecified atom stereocenters. The molecule has 3 aromatic heterocycles. The smallest absolute Gasteiger partial charge is 0.274 e. The lowest BCUT2D eigenvalue weighted by atomic mass is 9.94. The van der Waals surface area contributed by atoms with Gasteiger partial charge in [-0.15, -0.1) is 16.4 Å². The second kappa shape index (κ2) is 12.6. The zero-order valence-corrected chi connectivity index (χ0v) is 25.6.